The van der Waals surface area contributed by atoms with Gasteiger partial charge >= 0.3 is 0 Å². The summed E-state index contributed by atoms with van der Waals surface area (Å²) in [5.41, 5.74) is 1.41. The van der Waals surface area contributed by atoms with E-state index in [4.69, 9.17) is 4.74 Å². The fraction of sp³-hybridized carbons (Fsp3) is 0.647. The summed E-state index contributed by atoms with van der Waals surface area (Å²) in [7, 11) is 2.16. The van der Waals surface area contributed by atoms with Crippen molar-refractivity contribution in [3.05, 3.63) is 35.9 Å². The van der Waals surface area contributed by atoms with Crippen LogP contribution in [0.5, 0.6) is 0 Å². The van der Waals surface area contributed by atoms with Gasteiger partial charge in [0.1, 0.15) is 0 Å². The maximum absolute atomic E-state index is 9.76. The number of nitrogens with zero attached hydrogens (tertiary/aromatic N) is 1. The van der Waals surface area contributed by atoms with Gasteiger partial charge in [0.25, 0.3) is 0 Å². The molecule has 0 aliphatic carbocycles. The predicted octanol–water partition coefficient (Wildman–Crippen LogP) is 2.51. The Labute approximate surface area is 122 Å². The summed E-state index contributed by atoms with van der Waals surface area (Å²) in [6.07, 6.45) is 1.93. The number of benzene rings is 1. The van der Waals surface area contributed by atoms with E-state index in [9.17, 15) is 5.11 Å². The number of hydrogen-bond donors (Lipinski definition) is 1. The molecule has 1 aromatic carbocycles. The minimum Gasteiger partial charge on any atom is -0.396 e. The van der Waals surface area contributed by atoms with E-state index >= 15 is 0 Å². The van der Waals surface area contributed by atoms with Crippen LogP contribution in [0.3, 0.4) is 0 Å². The highest BCUT2D eigenvalue weighted by atomic mass is 16.5. The minimum absolute atomic E-state index is 0.0312. The van der Waals surface area contributed by atoms with Crippen molar-refractivity contribution in [3.8, 4) is 0 Å². The summed E-state index contributed by atoms with van der Waals surface area (Å²) >= 11 is 0. The van der Waals surface area contributed by atoms with Gasteiger partial charge in [0, 0.05) is 31.7 Å². The quantitative estimate of drug-likeness (QED) is 0.867. The monoisotopic (exact) mass is 277 g/mol. The normalized spacial score (nSPS) is 20.0. The van der Waals surface area contributed by atoms with Crippen LogP contribution in [0.2, 0.25) is 0 Å². The van der Waals surface area contributed by atoms with Crippen molar-refractivity contribution in [1.29, 1.82) is 0 Å². The van der Waals surface area contributed by atoms with Crippen molar-refractivity contribution in [2.75, 3.05) is 40.0 Å². The third-order valence-electron chi connectivity index (χ3n) is 4.45. The van der Waals surface area contributed by atoms with E-state index in [1.807, 2.05) is 0 Å². The summed E-state index contributed by atoms with van der Waals surface area (Å²) in [6.45, 7) is 6.06. The first-order chi connectivity index (χ1) is 9.65. The van der Waals surface area contributed by atoms with Crippen LogP contribution in [-0.2, 0) is 4.74 Å². The number of hydrogen-bond acceptors (Lipinski definition) is 3. The molecule has 3 heteroatoms. The van der Waals surface area contributed by atoms with E-state index in [0.29, 0.717) is 5.92 Å². The lowest BCUT2D eigenvalue weighted by molar-refractivity contribution is -0.0312. The molecule has 1 saturated heterocycles. The Morgan fingerprint density at radius 3 is 2.50 bits per heavy atom. The van der Waals surface area contributed by atoms with Gasteiger partial charge < -0.3 is 14.7 Å². The zero-order valence-corrected chi connectivity index (χ0v) is 12.7. The molecule has 1 N–H and O–H groups in total. The maximum Gasteiger partial charge on any atom is 0.0501 e. The molecular formula is C17H27NO2. The summed E-state index contributed by atoms with van der Waals surface area (Å²) in [4.78, 5) is 2.36. The van der Waals surface area contributed by atoms with Crippen molar-refractivity contribution in [1.82, 2.24) is 4.90 Å². The lowest BCUT2D eigenvalue weighted by Crippen LogP contribution is -2.43. The van der Waals surface area contributed by atoms with Gasteiger partial charge in [0.15, 0.2) is 0 Å². The van der Waals surface area contributed by atoms with Gasteiger partial charge in [-0.25, -0.2) is 0 Å². The summed E-state index contributed by atoms with van der Waals surface area (Å²) in [6, 6.07) is 10.6. The molecule has 0 saturated carbocycles. The molecule has 1 atom stereocenters. The molecule has 2 rings (SSSR count). The molecule has 20 heavy (non-hydrogen) atoms. The fourth-order valence-electron chi connectivity index (χ4n) is 3.16. The van der Waals surface area contributed by atoms with Crippen molar-refractivity contribution < 1.29 is 9.84 Å². The first kappa shape index (κ1) is 15.5. The Morgan fingerprint density at radius 2 is 1.90 bits per heavy atom. The summed E-state index contributed by atoms with van der Waals surface area (Å²) < 4.78 is 5.43. The highest BCUT2D eigenvalue weighted by molar-refractivity contribution is 5.19. The molecule has 1 aliphatic rings. The zero-order valence-electron chi connectivity index (χ0n) is 12.7. The van der Waals surface area contributed by atoms with E-state index in [0.717, 1.165) is 39.1 Å². The van der Waals surface area contributed by atoms with Gasteiger partial charge in [-0.3, -0.25) is 0 Å². The van der Waals surface area contributed by atoms with E-state index in [-0.39, 0.29) is 12.0 Å². The molecule has 3 nitrogen and oxygen atoms in total. The van der Waals surface area contributed by atoms with Crippen LogP contribution in [0.15, 0.2) is 30.3 Å². The summed E-state index contributed by atoms with van der Waals surface area (Å²) in [5, 5.41) is 9.76. The average molecular weight is 277 g/mol. The van der Waals surface area contributed by atoms with E-state index < -0.39 is 0 Å². The van der Waals surface area contributed by atoms with E-state index in [2.05, 4.69) is 49.2 Å². The predicted molar refractivity (Wildman–Crippen MR) is 81.9 cm³/mol. The lowest BCUT2D eigenvalue weighted by atomic mass is 9.80. The number of ether oxygens (including phenoxy) is 1. The molecule has 1 heterocycles. The second-order valence-corrected chi connectivity index (χ2v) is 6.28. The van der Waals surface area contributed by atoms with Crippen LogP contribution in [-0.4, -0.2) is 50.0 Å². The first-order valence-electron chi connectivity index (χ1n) is 7.57. The molecule has 112 valence electrons. The Kier molecular flexibility index (Phi) is 5.58. The molecule has 0 aromatic heterocycles. The van der Waals surface area contributed by atoms with E-state index in [1.165, 1.54) is 5.56 Å². The number of aliphatic hydroxyl groups excluding tert-OH is 1. The lowest BCUT2D eigenvalue weighted by Gasteiger charge is -2.39. The van der Waals surface area contributed by atoms with Crippen LogP contribution < -0.4 is 0 Å². The Bertz CT molecular complexity index is 387. The average Bonchev–Trinajstić information content (AvgIpc) is 2.49. The Balaban J connectivity index is 1.89. The molecule has 1 aromatic rings. The Morgan fingerprint density at radius 1 is 1.25 bits per heavy atom. The topological polar surface area (TPSA) is 32.7 Å². The van der Waals surface area contributed by atoms with Crippen molar-refractivity contribution in [3.63, 3.8) is 0 Å². The van der Waals surface area contributed by atoms with Gasteiger partial charge in [0.2, 0.25) is 0 Å². The molecule has 0 bridgehead atoms. The van der Waals surface area contributed by atoms with Crippen molar-refractivity contribution in [2.45, 2.75) is 25.7 Å². The van der Waals surface area contributed by atoms with Gasteiger partial charge in [-0.05, 0) is 31.4 Å². The molecule has 0 amide bonds. The van der Waals surface area contributed by atoms with Crippen LogP contribution in [0.25, 0.3) is 0 Å². The molecule has 1 aliphatic heterocycles. The standard InChI is InChI=1S/C17H27NO2/c1-15(16-6-4-3-5-7-16)12-18(2)13-17(14-19)8-10-20-11-9-17/h3-7,15,19H,8-14H2,1-2H3/t15-/m1/s1. The van der Waals surface area contributed by atoms with Crippen LogP contribution in [0, 0.1) is 5.41 Å². The second kappa shape index (κ2) is 7.21. The first-order valence-corrected chi connectivity index (χ1v) is 7.57. The van der Waals surface area contributed by atoms with E-state index in [1.54, 1.807) is 0 Å². The van der Waals surface area contributed by atoms with Crippen LogP contribution >= 0.6 is 0 Å². The highest BCUT2D eigenvalue weighted by Crippen LogP contribution is 2.31. The maximum atomic E-state index is 9.76. The molecular weight excluding hydrogens is 250 g/mol. The number of rotatable bonds is 6. The molecule has 0 radical (unpaired) electrons. The third kappa shape index (κ3) is 4.05. The van der Waals surface area contributed by atoms with Crippen molar-refractivity contribution in [2.24, 2.45) is 5.41 Å². The zero-order chi connectivity index (χ0) is 14.4. The number of aliphatic hydroxyl groups is 1. The highest BCUT2D eigenvalue weighted by Gasteiger charge is 2.33. The van der Waals surface area contributed by atoms with Gasteiger partial charge in [0.05, 0.1) is 6.61 Å². The van der Waals surface area contributed by atoms with Gasteiger partial charge in [-0.15, -0.1) is 0 Å². The third-order valence-corrected chi connectivity index (χ3v) is 4.45. The smallest absolute Gasteiger partial charge is 0.0501 e. The van der Waals surface area contributed by atoms with Gasteiger partial charge in [-0.2, -0.15) is 0 Å². The summed E-state index contributed by atoms with van der Waals surface area (Å²) in [5.74, 6) is 0.511. The van der Waals surface area contributed by atoms with Gasteiger partial charge in [-0.1, -0.05) is 37.3 Å². The molecule has 1 fully saturated rings. The fourth-order valence-corrected chi connectivity index (χ4v) is 3.16. The van der Waals surface area contributed by atoms with Crippen LogP contribution in [0.1, 0.15) is 31.2 Å². The molecule has 0 unspecified atom stereocenters. The number of likely N-dealkylation sites (N-methyl/N-ethyl adjacent to an activating group) is 1. The SMILES string of the molecule is C[C@H](CN(C)CC1(CO)CCOCC1)c1ccccc1. The van der Waals surface area contributed by atoms with Crippen molar-refractivity contribution >= 4 is 0 Å². The second-order valence-electron chi connectivity index (χ2n) is 6.28. The Hall–Kier alpha value is -0.900. The largest absolute Gasteiger partial charge is 0.396 e. The minimum atomic E-state index is 0.0312. The van der Waals surface area contributed by atoms with Crippen LogP contribution in [0.4, 0.5) is 0 Å². The molecule has 0 spiro atoms.